The minimum Gasteiger partial charge on any atom is -0.341 e. The molecule has 2 aliphatic rings. The number of nitrogens with one attached hydrogen (secondary N) is 1. The van der Waals surface area contributed by atoms with Crippen LogP contribution in [0.3, 0.4) is 0 Å². The van der Waals surface area contributed by atoms with E-state index in [0.717, 1.165) is 6.54 Å². The van der Waals surface area contributed by atoms with Gasteiger partial charge in [-0.1, -0.05) is 6.92 Å². The quantitative estimate of drug-likeness (QED) is 0.714. The Bertz CT molecular complexity index is 225. The predicted molar refractivity (Wildman–Crippen MR) is 56.0 cm³/mol. The van der Waals surface area contributed by atoms with Gasteiger partial charge in [-0.15, -0.1) is 0 Å². The fraction of sp³-hybridized carbons (Fsp3) is 0.909. The number of rotatable bonds is 2. The van der Waals surface area contributed by atoms with Crippen molar-refractivity contribution in [2.24, 2.45) is 5.92 Å². The van der Waals surface area contributed by atoms with Gasteiger partial charge in [0.1, 0.15) is 0 Å². The molecule has 1 aliphatic carbocycles. The Morgan fingerprint density at radius 1 is 1.36 bits per heavy atom. The Morgan fingerprint density at radius 2 is 2.07 bits per heavy atom. The summed E-state index contributed by atoms with van der Waals surface area (Å²) >= 11 is 0. The molecule has 0 spiro atoms. The van der Waals surface area contributed by atoms with Crippen LogP contribution in [0.15, 0.2) is 0 Å². The van der Waals surface area contributed by atoms with Crippen LogP contribution < -0.4 is 5.32 Å². The minimum absolute atomic E-state index is 0.0781. The number of likely N-dealkylation sites (N-methyl/N-ethyl adjacent to an activating group) is 1. The van der Waals surface area contributed by atoms with Gasteiger partial charge in [-0.25, -0.2) is 0 Å². The fourth-order valence-corrected chi connectivity index (χ4v) is 2.24. The summed E-state index contributed by atoms with van der Waals surface area (Å²) in [5.74, 6) is 0.803. The monoisotopic (exact) mass is 196 g/mol. The van der Waals surface area contributed by atoms with Crippen LogP contribution in [-0.2, 0) is 4.79 Å². The molecule has 14 heavy (non-hydrogen) atoms. The van der Waals surface area contributed by atoms with Crippen molar-refractivity contribution in [3.8, 4) is 0 Å². The molecule has 1 amide bonds. The molecule has 1 aliphatic heterocycles. The maximum Gasteiger partial charge on any atom is 0.239 e. The van der Waals surface area contributed by atoms with Crippen molar-refractivity contribution >= 4 is 5.91 Å². The van der Waals surface area contributed by atoms with Crippen LogP contribution in [0, 0.1) is 5.92 Å². The first kappa shape index (κ1) is 9.97. The van der Waals surface area contributed by atoms with Gasteiger partial charge in [0.15, 0.2) is 0 Å². The first-order chi connectivity index (χ1) is 6.70. The summed E-state index contributed by atoms with van der Waals surface area (Å²) in [5, 5.41) is 3.34. The minimum atomic E-state index is 0.0781. The third kappa shape index (κ3) is 1.92. The van der Waals surface area contributed by atoms with E-state index in [1.54, 1.807) is 0 Å². The average molecular weight is 196 g/mol. The number of carbonyl (C=O) groups is 1. The van der Waals surface area contributed by atoms with Crippen molar-refractivity contribution in [3.63, 3.8) is 0 Å². The van der Waals surface area contributed by atoms with Crippen molar-refractivity contribution in [1.82, 2.24) is 10.2 Å². The lowest BCUT2D eigenvalue weighted by Crippen LogP contribution is -2.51. The highest BCUT2D eigenvalue weighted by atomic mass is 16.2. The standard InChI is InChI=1S/C11H20N2O/c1-8-4-3-7-12-10(8)11(14)13(2)9-5-6-9/h8-10,12H,3-7H2,1-2H3. The topological polar surface area (TPSA) is 32.3 Å². The van der Waals surface area contributed by atoms with Crippen LogP contribution in [0.1, 0.15) is 32.6 Å². The molecule has 80 valence electrons. The zero-order valence-electron chi connectivity index (χ0n) is 9.12. The lowest BCUT2D eigenvalue weighted by Gasteiger charge is -2.32. The zero-order valence-corrected chi connectivity index (χ0v) is 9.12. The first-order valence-corrected chi connectivity index (χ1v) is 5.70. The summed E-state index contributed by atoms with van der Waals surface area (Å²) in [6, 6.07) is 0.618. The molecule has 2 rings (SSSR count). The largest absolute Gasteiger partial charge is 0.341 e. The van der Waals surface area contributed by atoms with E-state index in [1.807, 2.05) is 11.9 Å². The molecule has 2 atom stereocenters. The summed E-state index contributed by atoms with van der Waals surface area (Å²) in [6.45, 7) is 3.18. The summed E-state index contributed by atoms with van der Waals surface area (Å²) in [7, 11) is 1.95. The van der Waals surface area contributed by atoms with E-state index in [9.17, 15) is 4.79 Å². The van der Waals surface area contributed by atoms with Gasteiger partial charge in [0.2, 0.25) is 5.91 Å². The molecule has 1 heterocycles. The highest BCUT2D eigenvalue weighted by molar-refractivity contribution is 5.82. The number of hydrogen-bond acceptors (Lipinski definition) is 2. The third-order valence-electron chi connectivity index (χ3n) is 3.48. The van der Waals surface area contributed by atoms with Gasteiger partial charge in [-0.2, -0.15) is 0 Å². The molecule has 1 saturated carbocycles. The molecule has 0 aromatic carbocycles. The molecule has 1 saturated heterocycles. The first-order valence-electron chi connectivity index (χ1n) is 5.70. The second-order valence-corrected chi connectivity index (χ2v) is 4.73. The SMILES string of the molecule is CC1CCCNC1C(=O)N(C)C1CC1. The Hall–Kier alpha value is -0.570. The van der Waals surface area contributed by atoms with Gasteiger partial charge in [0.25, 0.3) is 0 Å². The predicted octanol–water partition coefficient (Wildman–Crippen LogP) is 0.995. The normalized spacial score (nSPS) is 32.7. The molecule has 2 unspecified atom stereocenters. The Kier molecular flexibility index (Phi) is 2.77. The summed E-state index contributed by atoms with van der Waals surface area (Å²) in [4.78, 5) is 14.0. The van der Waals surface area contributed by atoms with Gasteiger partial charge in [-0.05, 0) is 38.1 Å². The number of nitrogens with zero attached hydrogens (tertiary/aromatic N) is 1. The maximum absolute atomic E-state index is 12.1. The average Bonchev–Trinajstić information content (AvgIpc) is 3.00. The molecule has 0 radical (unpaired) electrons. The van der Waals surface area contributed by atoms with E-state index in [0.29, 0.717) is 17.9 Å². The van der Waals surface area contributed by atoms with Crippen molar-refractivity contribution in [1.29, 1.82) is 0 Å². The number of amides is 1. The molecular formula is C11H20N2O. The molecule has 3 heteroatoms. The summed E-state index contributed by atoms with van der Waals surface area (Å²) < 4.78 is 0. The van der Waals surface area contributed by atoms with Gasteiger partial charge >= 0.3 is 0 Å². The van der Waals surface area contributed by atoms with Crippen LogP contribution in [0.2, 0.25) is 0 Å². The van der Waals surface area contributed by atoms with Gasteiger partial charge < -0.3 is 10.2 Å². The fourth-order valence-electron chi connectivity index (χ4n) is 2.24. The van der Waals surface area contributed by atoms with Crippen LogP contribution in [0.5, 0.6) is 0 Å². The number of piperidine rings is 1. The van der Waals surface area contributed by atoms with E-state index in [1.165, 1.54) is 25.7 Å². The summed E-state index contributed by atoms with van der Waals surface area (Å²) in [6.07, 6.45) is 4.78. The zero-order chi connectivity index (χ0) is 10.1. The second kappa shape index (κ2) is 3.89. The molecule has 3 nitrogen and oxygen atoms in total. The Labute approximate surface area is 85.8 Å². The van der Waals surface area contributed by atoms with Crippen LogP contribution in [0.4, 0.5) is 0 Å². The van der Waals surface area contributed by atoms with Crippen molar-refractivity contribution in [2.75, 3.05) is 13.6 Å². The highest BCUT2D eigenvalue weighted by Crippen LogP contribution is 2.27. The molecule has 0 bridgehead atoms. The lowest BCUT2D eigenvalue weighted by atomic mass is 9.92. The Morgan fingerprint density at radius 3 is 2.64 bits per heavy atom. The molecule has 2 fully saturated rings. The molecule has 1 N–H and O–H groups in total. The third-order valence-corrected chi connectivity index (χ3v) is 3.48. The highest BCUT2D eigenvalue weighted by Gasteiger charge is 2.35. The van der Waals surface area contributed by atoms with E-state index < -0.39 is 0 Å². The Balaban J connectivity index is 1.94. The van der Waals surface area contributed by atoms with E-state index in [2.05, 4.69) is 12.2 Å². The smallest absolute Gasteiger partial charge is 0.239 e. The lowest BCUT2D eigenvalue weighted by molar-refractivity contribution is -0.134. The molecule has 0 aromatic heterocycles. The van der Waals surface area contributed by atoms with E-state index in [4.69, 9.17) is 0 Å². The van der Waals surface area contributed by atoms with E-state index >= 15 is 0 Å². The van der Waals surface area contributed by atoms with Crippen molar-refractivity contribution < 1.29 is 4.79 Å². The van der Waals surface area contributed by atoms with E-state index in [-0.39, 0.29) is 6.04 Å². The van der Waals surface area contributed by atoms with Gasteiger partial charge in [0, 0.05) is 13.1 Å². The summed E-state index contributed by atoms with van der Waals surface area (Å²) in [5.41, 5.74) is 0. The van der Waals surface area contributed by atoms with Gasteiger partial charge in [0.05, 0.1) is 6.04 Å². The van der Waals surface area contributed by atoms with Gasteiger partial charge in [-0.3, -0.25) is 4.79 Å². The van der Waals surface area contributed by atoms with Crippen LogP contribution >= 0.6 is 0 Å². The molecule has 0 aromatic rings. The second-order valence-electron chi connectivity index (χ2n) is 4.73. The van der Waals surface area contributed by atoms with Crippen LogP contribution in [-0.4, -0.2) is 36.5 Å². The maximum atomic E-state index is 12.1. The van der Waals surface area contributed by atoms with Crippen molar-refractivity contribution in [2.45, 2.75) is 44.7 Å². The van der Waals surface area contributed by atoms with Crippen LogP contribution in [0.25, 0.3) is 0 Å². The van der Waals surface area contributed by atoms with Crippen molar-refractivity contribution in [3.05, 3.63) is 0 Å². The number of hydrogen-bond donors (Lipinski definition) is 1. The number of carbonyl (C=O) groups excluding carboxylic acids is 1. The molecular weight excluding hydrogens is 176 g/mol.